The Morgan fingerprint density at radius 2 is 1.86 bits per heavy atom. The van der Waals surface area contributed by atoms with Gasteiger partial charge in [-0.1, -0.05) is 29.3 Å². The van der Waals surface area contributed by atoms with Crippen LogP contribution in [0.1, 0.15) is 24.0 Å². The van der Waals surface area contributed by atoms with Gasteiger partial charge in [-0.2, -0.15) is 0 Å². The quantitative estimate of drug-likeness (QED) is 0.776. The van der Waals surface area contributed by atoms with E-state index in [0.29, 0.717) is 20.8 Å². The van der Waals surface area contributed by atoms with Crippen molar-refractivity contribution in [3.05, 3.63) is 52.5 Å². The van der Waals surface area contributed by atoms with Crippen LogP contribution in [0.5, 0.6) is 5.75 Å². The second-order valence-electron chi connectivity index (χ2n) is 6.85. The molecule has 1 atom stereocenters. The summed E-state index contributed by atoms with van der Waals surface area (Å²) in [5, 5.41) is 3.15. The minimum absolute atomic E-state index is 0.0278. The van der Waals surface area contributed by atoms with Crippen LogP contribution >= 0.6 is 11.6 Å². The van der Waals surface area contributed by atoms with Crippen molar-refractivity contribution in [2.45, 2.75) is 37.6 Å². The first-order valence-electron chi connectivity index (χ1n) is 8.94. The molecule has 29 heavy (non-hydrogen) atoms. The zero-order valence-electron chi connectivity index (χ0n) is 16.2. The fraction of sp³-hybridized carbons (Fsp3) is 0.300. The third kappa shape index (κ3) is 4.09. The molecule has 2 amide bonds. The van der Waals surface area contributed by atoms with Gasteiger partial charge in [0.25, 0.3) is 10.0 Å². The van der Waals surface area contributed by atoms with Crippen molar-refractivity contribution in [3.63, 3.8) is 0 Å². The smallest absolute Gasteiger partial charge is 0.267 e. The summed E-state index contributed by atoms with van der Waals surface area (Å²) in [5.74, 6) is -0.872. The number of nitrogens with one attached hydrogen (secondary N) is 1. The van der Waals surface area contributed by atoms with Crippen molar-refractivity contribution in [2.75, 3.05) is 12.4 Å². The molecule has 1 aliphatic rings. The molecule has 0 saturated carbocycles. The molecule has 154 valence electrons. The molecule has 3 rings (SSSR count). The van der Waals surface area contributed by atoms with Crippen LogP contribution in [0, 0.1) is 13.8 Å². The van der Waals surface area contributed by atoms with Gasteiger partial charge in [0.15, 0.2) is 0 Å². The number of carbonyl (C=O) groups excluding carboxylic acids is 2. The van der Waals surface area contributed by atoms with E-state index in [9.17, 15) is 18.0 Å². The number of rotatable bonds is 5. The Labute approximate surface area is 174 Å². The summed E-state index contributed by atoms with van der Waals surface area (Å²) in [6.07, 6.45) is 0.0740. The Morgan fingerprint density at radius 1 is 1.21 bits per heavy atom. The van der Waals surface area contributed by atoms with E-state index in [-0.39, 0.29) is 17.7 Å². The summed E-state index contributed by atoms with van der Waals surface area (Å²) in [7, 11) is -2.72. The van der Waals surface area contributed by atoms with Crippen LogP contribution in [-0.2, 0) is 19.6 Å². The molecule has 0 bridgehead atoms. The third-order valence-corrected chi connectivity index (χ3v) is 7.03. The number of amides is 2. The first-order chi connectivity index (χ1) is 13.6. The average Bonchev–Trinajstić information content (AvgIpc) is 3.07. The van der Waals surface area contributed by atoms with Crippen LogP contribution in [0.25, 0.3) is 0 Å². The molecule has 1 fully saturated rings. The lowest BCUT2D eigenvalue weighted by atomic mass is 10.1. The number of benzene rings is 2. The molecule has 1 saturated heterocycles. The van der Waals surface area contributed by atoms with Gasteiger partial charge < -0.3 is 10.1 Å². The van der Waals surface area contributed by atoms with E-state index in [2.05, 4.69) is 5.32 Å². The van der Waals surface area contributed by atoms with Crippen molar-refractivity contribution in [2.24, 2.45) is 0 Å². The van der Waals surface area contributed by atoms with E-state index < -0.39 is 27.9 Å². The standard InChI is InChI=1S/C20H21ClN2O5S/c1-12-4-6-14(7-5-12)29(26,27)23-17(8-9-19(23)24)20(25)22-16-10-13(2)15(21)11-18(16)28-3/h4-7,10-11,17H,8-9H2,1-3H3,(H,22,25)/t17-/m0/s1. The minimum atomic E-state index is -4.15. The van der Waals surface area contributed by atoms with Gasteiger partial charge in [0.1, 0.15) is 11.8 Å². The molecule has 9 heteroatoms. The van der Waals surface area contributed by atoms with Gasteiger partial charge in [-0.25, -0.2) is 12.7 Å². The van der Waals surface area contributed by atoms with Crippen molar-refractivity contribution in [1.82, 2.24) is 4.31 Å². The number of hydrogen-bond acceptors (Lipinski definition) is 5. The van der Waals surface area contributed by atoms with Crippen molar-refractivity contribution in [1.29, 1.82) is 0 Å². The maximum Gasteiger partial charge on any atom is 0.267 e. The first kappa shape index (κ1) is 21.1. The molecule has 1 heterocycles. The Morgan fingerprint density at radius 3 is 2.48 bits per heavy atom. The number of methoxy groups -OCH3 is 1. The number of anilines is 1. The molecule has 1 aliphatic heterocycles. The number of sulfonamides is 1. The Hall–Kier alpha value is -2.58. The zero-order valence-corrected chi connectivity index (χ0v) is 17.8. The van der Waals surface area contributed by atoms with E-state index in [0.717, 1.165) is 11.1 Å². The molecule has 2 aromatic rings. The third-order valence-electron chi connectivity index (χ3n) is 4.78. The predicted octanol–water partition coefficient (Wildman–Crippen LogP) is 3.28. The lowest BCUT2D eigenvalue weighted by Gasteiger charge is -2.24. The van der Waals surface area contributed by atoms with Gasteiger partial charge in [0, 0.05) is 17.5 Å². The summed E-state index contributed by atoms with van der Waals surface area (Å²) in [4.78, 5) is 25.3. The first-order valence-corrected chi connectivity index (χ1v) is 10.8. The van der Waals surface area contributed by atoms with Crippen molar-refractivity contribution < 1.29 is 22.7 Å². The van der Waals surface area contributed by atoms with Crippen LogP contribution < -0.4 is 10.1 Å². The van der Waals surface area contributed by atoms with Crippen LogP contribution in [0.15, 0.2) is 41.3 Å². The fourth-order valence-electron chi connectivity index (χ4n) is 3.17. The van der Waals surface area contributed by atoms with Gasteiger partial charge in [-0.3, -0.25) is 9.59 Å². The van der Waals surface area contributed by atoms with E-state index in [1.807, 2.05) is 6.92 Å². The van der Waals surface area contributed by atoms with E-state index in [1.165, 1.54) is 19.2 Å². The predicted molar refractivity (Wildman–Crippen MR) is 110 cm³/mol. The lowest BCUT2D eigenvalue weighted by molar-refractivity contribution is -0.128. The molecule has 7 nitrogen and oxygen atoms in total. The Balaban J connectivity index is 1.92. The fourth-order valence-corrected chi connectivity index (χ4v) is 4.93. The maximum atomic E-state index is 13.0. The molecular formula is C20H21ClN2O5S. The highest BCUT2D eigenvalue weighted by Crippen LogP contribution is 2.33. The summed E-state index contributed by atoms with van der Waals surface area (Å²) >= 11 is 6.08. The summed E-state index contributed by atoms with van der Waals surface area (Å²) in [5.41, 5.74) is 1.96. The number of aryl methyl sites for hydroxylation is 2. The van der Waals surface area contributed by atoms with Gasteiger partial charge in [-0.05, 0) is 44.0 Å². The van der Waals surface area contributed by atoms with E-state index in [1.54, 1.807) is 31.2 Å². The highest BCUT2D eigenvalue weighted by Gasteiger charge is 2.44. The van der Waals surface area contributed by atoms with Crippen molar-refractivity contribution in [3.8, 4) is 5.75 Å². The highest BCUT2D eigenvalue weighted by atomic mass is 35.5. The van der Waals surface area contributed by atoms with Gasteiger partial charge in [0.2, 0.25) is 11.8 Å². The molecule has 0 aliphatic carbocycles. The second kappa shape index (κ2) is 8.04. The average molecular weight is 437 g/mol. The van der Waals surface area contributed by atoms with Crippen LogP contribution in [0.4, 0.5) is 5.69 Å². The second-order valence-corrected chi connectivity index (χ2v) is 9.08. The zero-order chi connectivity index (χ0) is 21.3. The van der Waals surface area contributed by atoms with Crippen LogP contribution in [0.2, 0.25) is 5.02 Å². The van der Waals surface area contributed by atoms with Gasteiger partial charge in [0.05, 0.1) is 17.7 Å². The minimum Gasteiger partial charge on any atom is -0.495 e. The number of halogens is 1. The number of hydrogen-bond donors (Lipinski definition) is 1. The summed E-state index contributed by atoms with van der Waals surface area (Å²) < 4.78 is 32.0. The van der Waals surface area contributed by atoms with Crippen LogP contribution in [-0.4, -0.2) is 37.7 Å². The van der Waals surface area contributed by atoms with Crippen molar-refractivity contribution >= 4 is 39.1 Å². The highest BCUT2D eigenvalue weighted by molar-refractivity contribution is 7.89. The lowest BCUT2D eigenvalue weighted by Crippen LogP contribution is -2.45. The van der Waals surface area contributed by atoms with Crippen LogP contribution in [0.3, 0.4) is 0 Å². The van der Waals surface area contributed by atoms with Gasteiger partial charge >= 0.3 is 0 Å². The molecule has 0 radical (unpaired) electrons. The maximum absolute atomic E-state index is 13.0. The van der Waals surface area contributed by atoms with Gasteiger partial charge in [-0.15, -0.1) is 0 Å². The largest absolute Gasteiger partial charge is 0.495 e. The Kier molecular flexibility index (Phi) is 5.86. The normalized spacial score (nSPS) is 16.8. The topological polar surface area (TPSA) is 92.8 Å². The Bertz CT molecular complexity index is 1070. The molecule has 0 spiro atoms. The molecule has 1 N–H and O–H groups in total. The monoisotopic (exact) mass is 436 g/mol. The number of nitrogens with zero attached hydrogens (tertiary/aromatic N) is 1. The SMILES string of the molecule is COc1cc(Cl)c(C)cc1NC(=O)[C@@H]1CCC(=O)N1S(=O)(=O)c1ccc(C)cc1. The number of carbonyl (C=O) groups is 2. The summed E-state index contributed by atoms with van der Waals surface area (Å²) in [6, 6.07) is 8.19. The molecular weight excluding hydrogens is 416 g/mol. The molecule has 0 aromatic heterocycles. The molecule has 2 aromatic carbocycles. The van der Waals surface area contributed by atoms with E-state index >= 15 is 0 Å². The summed E-state index contributed by atoms with van der Waals surface area (Å²) in [6.45, 7) is 3.60. The van der Waals surface area contributed by atoms with E-state index in [4.69, 9.17) is 16.3 Å². The number of ether oxygens (including phenoxy) is 1. The molecule has 0 unspecified atom stereocenters.